The number of hydrogen-bond acceptors (Lipinski definition) is 4. The normalized spacial score (nSPS) is 10.6. The molecule has 0 aliphatic carbocycles. The lowest BCUT2D eigenvalue weighted by atomic mass is 10.2. The van der Waals surface area contributed by atoms with Crippen molar-refractivity contribution in [1.82, 2.24) is 15.3 Å². The number of anilines is 1. The van der Waals surface area contributed by atoms with Crippen molar-refractivity contribution in [2.75, 3.05) is 18.5 Å². The molecule has 106 valence electrons. The van der Waals surface area contributed by atoms with E-state index in [4.69, 9.17) is 0 Å². The van der Waals surface area contributed by atoms with Gasteiger partial charge in [0.05, 0.1) is 12.2 Å². The molecule has 2 rings (SSSR count). The molecule has 0 bridgehead atoms. The van der Waals surface area contributed by atoms with Crippen LogP contribution in [-0.4, -0.2) is 23.6 Å². The quantitative estimate of drug-likeness (QED) is 0.876. The third kappa shape index (κ3) is 3.54. The van der Waals surface area contributed by atoms with E-state index < -0.39 is 0 Å². The average molecular weight is 270 g/mol. The lowest BCUT2D eigenvalue weighted by Gasteiger charge is -2.25. The monoisotopic (exact) mass is 270 g/mol. The number of rotatable bonds is 6. The second-order valence-electron chi connectivity index (χ2n) is 4.82. The van der Waals surface area contributed by atoms with Crippen LogP contribution in [-0.2, 0) is 13.1 Å². The first-order valence-corrected chi connectivity index (χ1v) is 6.99. The van der Waals surface area contributed by atoms with Gasteiger partial charge in [-0.3, -0.25) is 9.97 Å². The number of pyridine rings is 2. The lowest BCUT2D eigenvalue weighted by Crippen LogP contribution is -2.25. The molecule has 0 radical (unpaired) electrons. The van der Waals surface area contributed by atoms with Gasteiger partial charge in [-0.25, -0.2) is 0 Å². The second kappa shape index (κ2) is 7.01. The van der Waals surface area contributed by atoms with Crippen LogP contribution in [0.2, 0.25) is 0 Å². The standard InChI is InChI=1S/C16H22N4/c1-4-20(12-15-7-5-6-13(2)19-15)16-8-9-18-11-14(16)10-17-3/h5-9,11,17H,4,10,12H2,1-3H3. The first-order chi connectivity index (χ1) is 9.74. The number of hydrogen-bond donors (Lipinski definition) is 1. The fourth-order valence-corrected chi connectivity index (χ4v) is 2.31. The highest BCUT2D eigenvalue weighted by atomic mass is 15.1. The number of aromatic nitrogens is 2. The molecule has 0 aromatic carbocycles. The maximum atomic E-state index is 4.59. The van der Waals surface area contributed by atoms with Crippen LogP contribution < -0.4 is 10.2 Å². The summed E-state index contributed by atoms with van der Waals surface area (Å²) in [5.41, 5.74) is 4.59. The summed E-state index contributed by atoms with van der Waals surface area (Å²) in [6, 6.07) is 8.24. The van der Waals surface area contributed by atoms with E-state index in [-0.39, 0.29) is 0 Å². The van der Waals surface area contributed by atoms with Crippen molar-refractivity contribution in [1.29, 1.82) is 0 Å². The highest BCUT2D eigenvalue weighted by Gasteiger charge is 2.10. The van der Waals surface area contributed by atoms with Crippen molar-refractivity contribution in [3.05, 3.63) is 53.6 Å². The van der Waals surface area contributed by atoms with E-state index in [0.29, 0.717) is 0 Å². The van der Waals surface area contributed by atoms with Crippen molar-refractivity contribution in [2.24, 2.45) is 0 Å². The summed E-state index contributed by atoms with van der Waals surface area (Å²) in [6.45, 7) is 6.77. The molecule has 4 heteroatoms. The topological polar surface area (TPSA) is 41.1 Å². The van der Waals surface area contributed by atoms with Gasteiger partial charge in [-0.1, -0.05) is 6.07 Å². The fraction of sp³-hybridized carbons (Fsp3) is 0.375. The van der Waals surface area contributed by atoms with Crippen molar-refractivity contribution in [2.45, 2.75) is 26.9 Å². The Morgan fingerprint density at radius 2 is 2.10 bits per heavy atom. The second-order valence-corrected chi connectivity index (χ2v) is 4.82. The molecule has 20 heavy (non-hydrogen) atoms. The molecule has 2 heterocycles. The SMILES string of the molecule is CCN(Cc1cccc(C)n1)c1ccncc1CNC. The summed E-state index contributed by atoms with van der Waals surface area (Å²) in [5, 5.41) is 3.19. The molecule has 2 aromatic rings. The summed E-state index contributed by atoms with van der Waals surface area (Å²) in [7, 11) is 1.95. The Morgan fingerprint density at radius 1 is 1.25 bits per heavy atom. The largest absolute Gasteiger partial charge is 0.366 e. The zero-order valence-electron chi connectivity index (χ0n) is 12.4. The predicted molar refractivity (Wildman–Crippen MR) is 82.7 cm³/mol. The maximum absolute atomic E-state index is 4.59. The van der Waals surface area contributed by atoms with Gasteiger partial charge in [0.15, 0.2) is 0 Å². The van der Waals surface area contributed by atoms with E-state index in [1.165, 1.54) is 11.3 Å². The first-order valence-electron chi connectivity index (χ1n) is 6.99. The molecule has 0 saturated heterocycles. The zero-order valence-corrected chi connectivity index (χ0v) is 12.4. The maximum Gasteiger partial charge on any atom is 0.0602 e. The molecule has 2 aromatic heterocycles. The van der Waals surface area contributed by atoms with E-state index in [9.17, 15) is 0 Å². The summed E-state index contributed by atoms with van der Waals surface area (Å²) in [6.07, 6.45) is 3.78. The van der Waals surface area contributed by atoms with Gasteiger partial charge in [0.25, 0.3) is 0 Å². The van der Waals surface area contributed by atoms with E-state index >= 15 is 0 Å². The van der Waals surface area contributed by atoms with Gasteiger partial charge in [-0.15, -0.1) is 0 Å². The van der Waals surface area contributed by atoms with Crippen LogP contribution in [0, 0.1) is 6.92 Å². The lowest BCUT2D eigenvalue weighted by molar-refractivity contribution is 0.770. The smallest absolute Gasteiger partial charge is 0.0602 e. The van der Waals surface area contributed by atoms with Crippen molar-refractivity contribution in [3.8, 4) is 0 Å². The molecule has 1 N–H and O–H groups in total. The van der Waals surface area contributed by atoms with Crippen molar-refractivity contribution < 1.29 is 0 Å². The molecule has 0 saturated carbocycles. The first kappa shape index (κ1) is 14.5. The third-order valence-corrected chi connectivity index (χ3v) is 3.27. The summed E-state index contributed by atoms with van der Waals surface area (Å²) in [5.74, 6) is 0. The fourth-order valence-electron chi connectivity index (χ4n) is 2.31. The van der Waals surface area contributed by atoms with Crippen LogP contribution in [0.15, 0.2) is 36.7 Å². The Hall–Kier alpha value is -1.94. The van der Waals surface area contributed by atoms with Gasteiger partial charge in [-0.05, 0) is 39.1 Å². The van der Waals surface area contributed by atoms with Crippen LogP contribution in [0.4, 0.5) is 5.69 Å². The van der Waals surface area contributed by atoms with E-state index in [1.54, 1.807) is 0 Å². The number of nitrogens with one attached hydrogen (secondary N) is 1. The highest BCUT2D eigenvalue weighted by Crippen LogP contribution is 2.21. The number of nitrogens with zero attached hydrogens (tertiary/aromatic N) is 3. The minimum atomic E-state index is 0.818. The molecular formula is C16H22N4. The van der Waals surface area contributed by atoms with Gasteiger partial charge in [0, 0.05) is 42.4 Å². The van der Waals surface area contributed by atoms with E-state index in [0.717, 1.165) is 31.0 Å². The number of aryl methyl sites for hydroxylation is 1. The molecule has 0 aliphatic rings. The molecular weight excluding hydrogens is 248 g/mol. The Morgan fingerprint density at radius 3 is 2.80 bits per heavy atom. The van der Waals surface area contributed by atoms with Gasteiger partial charge >= 0.3 is 0 Å². The molecule has 0 fully saturated rings. The minimum Gasteiger partial charge on any atom is -0.366 e. The van der Waals surface area contributed by atoms with Crippen molar-refractivity contribution in [3.63, 3.8) is 0 Å². The highest BCUT2D eigenvalue weighted by molar-refractivity contribution is 5.52. The minimum absolute atomic E-state index is 0.818. The Kier molecular flexibility index (Phi) is 5.07. The van der Waals surface area contributed by atoms with Gasteiger partial charge in [0.1, 0.15) is 0 Å². The van der Waals surface area contributed by atoms with Crippen LogP contribution >= 0.6 is 0 Å². The van der Waals surface area contributed by atoms with Gasteiger partial charge in [0.2, 0.25) is 0 Å². The molecule has 0 spiro atoms. The van der Waals surface area contributed by atoms with Crippen LogP contribution in [0.5, 0.6) is 0 Å². The third-order valence-electron chi connectivity index (χ3n) is 3.27. The summed E-state index contributed by atoms with van der Waals surface area (Å²) < 4.78 is 0. The summed E-state index contributed by atoms with van der Waals surface area (Å²) in [4.78, 5) is 11.1. The predicted octanol–water partition coefficient (Wildman–Crippen LogP) is 2.53. The molecule has 0 atom stereocenters. The van der Waals surface area contributed by atoms with Crippen molar-refractivity contribution >= 4 is 5.69 Å². The molecule has 4 nitrogen and oxygen atoms in total. The average Bonchev–Trinajstić information content (AvgIpc) is 2.46. The molecule has 0 unspecified atom stereocenters. The Bertz CT molecular complexity index is 554. The van der Waals surface area contributed by atoms with E-state index in [1.807, 2.05) is 32.4 Å². The molecule has 0 amide bonds. The van der Waals surface area contributed by atoms with Gasteiger partial charge in [-0.2, -0.15) is 0 Å². The Labute approximate surface area is 120 Å². The molecule has 0 aliphatic heterocycles. The Balaban J connectivity index is 2.24. The zero-order chi connectivity index (χ0) is 14.4. The van der Waals surface area contributed by atoms with Crippen LogP contribution in [0.1, 0.15) is 23.9 Å². The van der Waals surface area contributed by atoms with Crippen LogP contribution in [0.25, 0.3) is 0 Å². The summed E-state index contributed by atoms with van der Waals surface area (Å²) >= 11 is 0. The van der Waals surface area contributed by atoms with Crippen LogP contribution in [0.3, 0.4) is 0 Å². The van der Waals surface area contributed by atoms with E-state index in [2.05, 4.69) is 45.3 Å². The van der Waals surface area contributed by atoms with Gasteiger partial charge < -0.3 is 10.2 Å².